The second-order valence-electron chi connectivity index (χ2n) is 11.2. The van der Waals surface area contributed by atoms with Crippen LogP contribution in [-0.2, 0) is 5.41 Å². The van der Waals surface area contributed by atoms with Crippen LogP contribution in [-0.4, -0.2) is 47.9 Å². The van der Waals surface area contributed by atoms with E-state index < -0.39 is 0 Å². The zero-order valence-corrected chi connectivity index (χ0v) is 19.9. The Morgan fingerprint density at radius 2 is 1.32 bits per heavy atom. The SMILES string of the molecule is O=C(Nc1ccc(C23CC4CC(CC(C4)C2)C3)cc1)N1CCCN(C(=O)c2ccccc2)CC1. The first-order chi connectivity index (χ1) is 16.6. The quantitative estimate of drug-likeness (QED) is 0.658. The lowest BCUT2D eigenvalue weighted by Gasteiger charge is -2.57. The molecule has 2 aromatic carbocycles. The van der Waals surface area contributed by atoms with Gasteiger partial charge in [-0.1, -0.05) is 30.3 Å². The van der Waals surface area contributed by atoms with E-state index in [2.05, 4.69) is 29.6 Å². The van der Waals surface area contributed by atoms with Gasteiger partial charge in [0.2, 0.25) is 0 Å². The lowest BCUT2D eigenvalue weighted by Crippen LogP contribution is -2.48. The smallest absolute Gasteiger partial charge is 0.321 e. The fourth-order valence-corrected chi connectivity index (χ4v) is 7.66. The number of urea groups is 1. The number of rotatable bonds is 3. The van der Waals surface area contributed by atoms with Crippen LogP contribution in [0.4, 0.5) is 10.5 Å². The minimum atomic E-state index is -0.0726. The van der Waals surface area contributed by atoms with Crippen LogP contribution >= 0.6 is 0 Å². The number of nitrogens with one attached hydrogen (secondary N) is 1. The predicted molar refractivity (Wildman–Crippen MR) is 134 cm³/mol. The molecule has 3 amide bonds. The molecule has 5 heteroatoms. The maximum Gasteiger partial charge on any atom is 0.321 e. The zero-order chi connectivity index (χ0) is 23.1. The van der Waals surface area contributed by atoms with Gasteiger partial charge >= 0.3 is 6.03 Å². The number of benzene rings is 2. The zero-order valence-electron chi connectivity index (χ0n) is 19.9. The van der Waals surface area contributed by atoms with Crippen LogP contribution in [0.3, 0.4) is 0 Å². The molecule has 178 valence electrons. The van der Waals surface area contributed by atoms with Crippen LogP contribution in [0.15, 0.2) is 54.6 Å². The summed E-state index contributed by atoms with van der Waals surface area (Å²) >= 11 is 0. The Hall–Kier alpha value is -2.82. The number of hydrogen-bond acceptors (Lipinski definition) is 2. The highest BCUT2D eigenvalue weighted by atomic mass is 16.2. The summed E-state index contributed by atoms with van der Waals surface area (Å²) in [5.74, 6) is 2.84. The summed E-state index contributed by atoms with van der Waals surface area (Å²) in [6.45, 7) is 2.45. The summed E-state index contributed by atoms with van der Waals surface area (Å²) in [5, 5.41) is 3.10. The third kappa shape index (κ3) is 4.10. The minimum absolute atomic E-state index is 0.0446. The maximum absolute atomic E-state index is 13.0. The summed E-state index contributed by atoms with van der Waals surface area (Å²) in [4.78, 5) is 29.5. The molecule has 0 unspecified atom stereocenters. The van der Waals surface area contributed by atoms with Crippen molar-refractivity contribution in [3.8, 4) is 0 Å². The van der Waals surface area contributed by atoms with Crippen molar-refractivity contribution >= 4 is 17.6 Å². The van der Waals surface area contributed by atoms with Gasteiger partial charge in [0.1, 0.15) is 0 Å². The van der Waals surface area contributed by atoms with Gasteiger partial charge in [-0.15, -0.1) is 0 Å². The van der Waals surface area contributed by atoms with E-state index in [9.17, 15) is 9.59 Å². The Balaban J connectivity index is 1.07. The Morgan fingerprint density at radius 3 is 1.97 bits per heavy atom. The largest absolute Gasteiger partial charge is 0.337 e. The van der Waals surface area contributed by atoms with Crippen LogP contribution < -0.4 is 5.32 Å². The molecule has 5 aliphatic rings. The van der Waals surface area contributed by atoms with Crippen LogP contribution in [0, 0.1) is 17.8 Å². The van der Waals surface area contributed by atoms with Crippen molar-refractivity contribution in [3.63, 3.8) is 0 Å². The molecule has 0 radical (unpaired) electrons. The van der Waals surface area contributed by atoms with Crippen molar-refractivity contribution in [2.75, 3.05) is 31.5 Å². The van der Waals surface area contributed by atoms with Gasteiger partial charge in [0.05, 0.1) is 0 Å². The molecule has 5 nitrogen and oxygen atoms in total. The molecule has 1 N–H and O–H groups in total. The van der Waals surface area contributed by atoms with Crippen LogP contribution in [0.5, 0.6) is 0 Å². The topological polar surface area (TPSA) is 52.7 Å². The molecule has 5 fully saturated rings. The van der Waals surface area contributed by atoms with Crippen molar-refractivity contribution in [3.05, 3.63) is 65.7 Å². The molecule has 2 aromatic rings. The van der Waals surface area contributed by atoms with Gasteiger partial charge in [-0.25, -0.2) is 4.79 Å². The second-order valence-corrected chi connectivity index (χ2v) is 11.2. The number of nitrogens with zero attached hydrogens (tertiary/aromatic N) is 2. The Labute approximate surface area is 202 Å². The van der Waals surface area contributed by atoms with Crippen molar-refractivity contribution in [2.24, 2.45) is 17.8 Å². The lowest BCUT2D eigenvalue weighted by atomic mass is 9.48. The molecule has 4 aliphatic carbocycles. The molecule has 34 heavy (non-hydrogen) atoms. The molecule has 4 saturated carbocycles. The van der Waals surface area contributed by atoms with E-state index >= 15 is 0 Å². The minimum Gasteiger partial charge on any atom is -0.337 e. The van der Waals surface area contributed by atoms with Crippen LogP contribution in [0.25, 0.3) is 0 Å². The fourth-order valence-electron chi connectivity index (χ4n) is 7.66. The van der Waals surface area contributed by atoms with E-state index in [0.717, 1.165) is 29.9 Å². The molecule has 1 heterocycles. The molecule has 1 aliphatic heterocycles. The van der Waals surface area contributed by atoms with E-state index in [4.69, 9.17) is 0 Å². The Kier molecular flexibility index (Phi) is 5.59. The molecular formula is C29H35N3O2. The molecule has 4 bridgehead atoms. The van der Waals surface area contributed by atoms with Gasteiger partial charge in [0.25, 0.3) is 5.91 Å². The lowest BCUT2D eigenvalue weighted by molar-refractivity contribution is -0.00518. The monoisotopic (exact) mass is 457 g/mol. The number of carbonyl (C=O) groups excluding carboxylic acids is 2. The third-order valence-corrected chi connectivity index (χ3v) is 8.88. The van der Waals surface area contributed by atoms with Gasteiger partial charge in [-0.2, -0.15) is 0 Å². The van der Waals surface area contributed by atoms with E-state index in [0.29, 0.717) is 37.2 Å². The molecule has 0 spiro atoms. The molecule has 0 aromatic heterocycles. The maximum atomic E-state index is 13.0. The van der Waals surface area contributed by atoms with Gasteiger partial charge in [0, 0.05) is 37.4 Å². The van der Waals surface area contributed by atoms with Gasteiger partial charge in [0.15, 0.2) is 0 Å². The molecule has 7 rings (SSSR count). The first-order valence-corrected chi connectivity index (χ1v) is 13.1. The highest BCUT2D eigenvalue weighted by Gasteiger charge is 2.51. The summed E-state index contributed by atoms with van der Waals surface area (Å²) in [5.41, 5.74) is 3.44. The summed E-state index contributed by atoms with van der Waals surface area (Å²) < 4.78 is 0. The van der Waals surface area contributed by atoms with Crippen molar-refractivity contribution in [1.82, 2.24) is 9.80 Å². The van der Waals surface area contributed by atoms with Crippen molar-refractivity contribution < 1.29 is 9.59 Å². The van der Waals surface area contributed by atoms with Crippen molar-refractivity contribution in [1.29, 1.82) is 0 Å². The van der Waals surface area contributed by atoms with Crippen LogP contribution in [0.2, 0.25) is 0 Å². The first kappa shape index (κ1) is 21.7. The van der Waals surface area contributed by atoms with E-state index in [1.54, 1.807) is 0 Å². The Morgan fingerprint density at radius 1 is 0.735 bits per heavy atom. The van der Waals surface area contributed by atoms with Crippen molar-refractivity contribution in [2.45, 2.75) is 50.4 Å². The van der Waals surface area contributed by atoms with Crippen LogP contribution in [0.1, 0.15) is 60.9 Å². The van der Waals surface area contributed by atoms with E-state index in [-0.39, 0.29) is 11.9 Å². The predicted octanol–water partition coefficient (Wildman–Crippen LogP) is 5.53. The molecule has 0 atom stereocenters. The highest BCUT2D eigenvalue weighted by Crippen LogP contribution is 2.60. The number of amides is 3. The number of carbonyl (C=O) groups is 2. The fraction of sp³-hybridized carbons (Fsp3) is 0.517. The van der Waals surface area contributed by atoms with E-state index in [1.165, 1.54) is 44.1 Å². The number of hydrogen-bond donors (Lipinski definition) is 1. The van der Waals surface area contributed by atoms with E-state index in [1.807, 2.05) is 40.1 Å². The Bertz CT molecular complexity index is 1010. The standard InChI is InChI=1S/C29H35N3O2/c33-27(24-5-2-1-3-6-24)31-11-4-12-32(14-13-31)28(34)30-26-9-7-25(8-10-26)29-18-21-15-22(19-29)17-23(16-21)20-29/h1-3,5-10,21-23H,4,11-20H2,(H,30,34). The normalized spacial score (nSPS) is 30.2. The third-order valence-electron chi connectivity index (χ3n) is 8.88. The summed E-state index contributed by atoms with van der Waals surface area (Å²) in [6, 6.07) is 18.0. The first-order valence-electron chi connectivity index (χ1n) is 13.1. The van der Waals surface area contributed by atoms with Gasteiger partial charge < -0.3 is 15.1 Å². The molecular weight excluding hydrogens is 422 g/mol. The van der Waals surface area contributed by atoms with Gasteiger partial charge in [-0.3, -0.25) is 4.79 Å². The average molecular weight is 458 g/mol. The number of anilines is 1. The summed E-state index contributed by atoms with van der Waals surface area (Å²) in [6.07, 6.45) is 9.23. The highest BCUT2D eigenvalue weighted by molar-refractivity contribution is 5.94. The molecule has 1 saturated heterocycles. The van der Waals surface area contributed by atoms with Gasteiger partial charge in [-0.05, 0) is 97.9 Å². The average Bonchev–Trinajstić information content (AvgIpc) is 3.10. The second kappa shape index (κ2) is 8.75. The summed E-state index contributed by atoms with van der Waals surface area (Å²) in [7, 11) is 0.